The van der Waals surface area contributed by atoms with E-state index >= 15 is 0 Å². The Hall–Kier alpha value is -4.00. The van der Waals surface area contributed by atoms with Crippen molar-refractivity contribution in [1.82, 2.24) is 0 Å². The van der Waals surface area contributed by atoms with Crippen LogP contribution in [0.1, 0.15) is 10.4 Å². The number of esters is 1. The largest absolute Gasteiger partial charge is 0.493 e. The Morgan fingerprint density at radius 1 is 1.12 bits per heavy atom. The molecule has 3 rings (SSSR count). The van der Waals surface area contributed by atoms with Crippen molar-refractivity contribution in [3.05, 3.63) is 35.9 Å². The fourth-order valence-electron chi connectivity index (χ4n) is 3.10. The Kier molecular flexibility index (Phi) is 6.62. The van der Waals surface area contributed by atoms with Crippen LogP contribution in [0, 0.1) is 0 Å². The predicted molar refractivity (Wildman–Crippen MR) is 114 cm³/mol. The van der Waals surface area contributed by atoms with Gasteiger partial charge in [0.05, 0.1) is 43.2 Å². The molecule has 0 aliphatic carbocycles. The Morgan fingerprint density at radius 2 is 1.79 bits per heavy atom. The number of aliphatic carboxylic acids is 1. The number of carboxylic acids is 1. The highest BCUT2D eigenvalue weighted by atomic mass is 32.2. The smallest absolute Gasteiger partial charge is 0.340 e. The minimum Gasteiger partial charge on any atom is -0.493 e. The summed E-state index contributed by atoms with van der Waals surface area (Å²) in [4.78, 5) is 36.1. The van der Waals surface area contributed by atoms with Gasteiger partial charge in [0.2, 0.25) is 0 Å². The molecule has 2 aromatic rings. The summed E-state index contributed by atoms with van der Waals surface area (Å²) in [5, 5.41) is 9.10. The Balaban J connectivity index is 2.06. The number of rotatable bonds is 8. The number of nitrogens with zero attached hydrogens (tertiary/aromatic N) is 1. The Labute approximate surface area is 188 Å². The molecule has 0 saturated carbocycles. The fourth-order valence-corrected chi connectivity index (χ4v) is 4.19. The number of carboxylic acid groups (broad SMARTS) is 1. The van der Waals surface area contributed by atoms with Crippen LogP contribution in [-0.2, 0) is 24.3 Å². The van der Waals surface area contributed by atoms with Crippen LogP contribution in [0.2, 0.25) is 0 Å². The second-order valence-corrected chi connectivity index (χ2v) is 8.32. The Morgan fingerprint density at radius 3 is 2.39 bits per heavy atom. The molecule has 0 spiro atoms. The average Bonchev–Trinajstić information content (AvgIpc) is 2.79. The quantitative estimate of drug-likeness (QED) is 0.524. The van der Waals surface area contributed by atoms with E-state index in [2.05, 4.69) is 4.72 Å². The van der Waals surface area contributed by atoms with Crippen LogP contribution in [0.15, 0.2) is 35.2 Å². The van der Waals surface area contributed by atoms with E-state index < -0.39 is 34.4 Å². The van der Waals surface area contributed by atoms with E-state index in [0.29, 0.717) is 0 Å². The second-order valence-electron chi connectivity index (χ2n) is 6.64. The van der Waals surface area contributed by atoms with E-state index in [9.17, 15) is 22.8 Å². The molecular weight excluding hydrogens is 460 g/mol. The molecule has 176 valence electrons. The number of anilines is 2. The molecule has 13 heteroatoms. The van der Waals surface area contributed by atoms with Gasteiger partial charge in [0, 0.05) is 12.1 Å². The lowest BCUT2D eigenvalue weighted by Crippen LogP contribution is -2.42. The van der Waals surface area contributed by atoms with E-state index in [-0.39, 0.29) is 45.7 Å². The molecule has 0 radical (unpaired) electrons. The minimum atomic E-state index is -4.32. The SMILES string of the molecule is COC(=O)c1cc(OC)c(OC)cc1NS(=O)(=O)c1ccc2c(c1)N(CC(=O)O)C(=O)CO2. The molecule has 1 aliphatic rings. The number of amides is 1. The molecule has 0 saturated heterocycles. The minimum absolute atomic E-state index is 0.0166. The number of carbonyl (C=O) groups excluding carboxylic acids is 2. The van der Waals surface area contributed by atoms with Gasteiger partial charge in [-0.15, -0.1) is 0 Å². The molecule has 0 aromatic heterocycles. The maximum absolute atomic E-state index is 13.1. The molecule has 0 bridgehead atoms. The lowest BCUT2D eigenvalue weighted by Gasteiger charge is -2.28. The summed E-state index contributed by atoms with van der Waals surface area (Å²) in [7, 11) is -0.498. The second kappa shape index (κ2) is 9.24. The first-order chi connectivity index (χ1) is 15.6. The van der Waals surface area contributed by atoms with Gasteiger partial charge in [-0.3, -0.25) is 19.2 Å². The summed E-state index contributed by atoms with van der Waals surface area (Å²) in [5.41, 5.74) is -0.299. The number of ether oxygens (including phenoxy) is 4. The number of sulfonamides is 1. The van der Waals surface area contributed by atoms with Crippen molar-refractivity contribution in [2.45, 2.75) is 4.90 Å². The van der Waals surface area contributed by atoms with Crippen molar-refractivity contribution < 1.29 is 46.9 Å². The summed E-state index contributed by atoms with van der Waals surface area (Å²) >= 11 is 0. The molecule has 0 atom stereocenters. The zero-order valence-electron chi connectivity index (χ0n) is 17.8. The Bertz CT molecular complexity index is 1230. The molecule has 1 aliphatic heterocycles. The van der Waals surface area contributed by atoms with E-state index in [0.717, 1.165) is 18.1 Å². The molecule has 1 amide bonds. The highest BCUT2D eigenvalue weighted by molar-refractivity contribution is 7.92. The number of hydrogen-bond donors (Lipinski definition) is 2. The van der Waals surface area contributed by atoms with Crippen molar-refractivity contribution in [3.63, 3.8) is 0 Å². The van der Waals surface area contributed by atoms with Gasteiger partial charge in [0.1, 0.15) is 12.3 Å². The maximum Gasteiger partial charge on any atom is 0.340 e. The number of carbonyl (C=O) groups is 3. The van der Waals surface area contributed by atoms with Gasteiger partial charge in [-0.05, 0) is 18.2 Å². The van der Waals surface area contributed by atoms with Gasteiger partial charge < -0.3 is 24.1 Å². The number of fused-ring (bicyclic) bond motifs is 1. The zero-order valence-corrected chi connectivity index (χ0v) is 18.6. The van der Waals surface area contributed by atoms with Crippen LogP contribution >= 0.6 is 0 Å². The van der Waals surface area contributed by atoms with Gasteiger partial charge in [-0.25, -0.2) is 13.2 Å². The highest BCUT2D eigenvalue weighted by Gasteiger charge is 2.30. The van der Waals surface area contributed by atoms with Gasteiger partial charge in [-0.1, -0.05) is 0 Å². The first-order valence-electron chi connectivity index (χ1n) is 9.27. The molecule has 2 N–H and O–H groups in total. The summed E-state index contributed by atoms with van der Waals surface area (Å²) < 4.78 is 48.8. The molecule has 12 nitrogen and oxygen atoms in total. The van der Waals surface area contributed by atoms with Crippen LogP contribution in [0.3, 0.4) is 0 Å². The first kappa shape index (κ1) is 23.7. The maximum atomic E-state index is 13.1. The van der Waals surface area contributed by atoms with Gasteiger partial charge in [0.25, 0.3) is 15.9 Å². The number of benzene rings is 2. The number of nitrogens with one attached hydrogen (secondary N) is 1. The van der Waals surface area contributed by atoms with Crippen LogP contribution in [0.25, 0.3) is 0 Å². The van der Waals surface area contributed by atoms with Gasteiger partial charge in [-0.2, -0.15) is 0 Å². The summed E-state index contributed by atoms with van der Waals surface area (Å²) in [5.74, 6) is -2.27. The van der Waals surface area contributed by atoms with Gasteiger partial charge in [0.15, 0.2) is 18.1 Å². The molecule has 1 heterocycles. The topological polar surface area (TPSA) is 158 Å². The number of methoxy groups -OCH3 is 3. The molecule has 2 aromatic carbocycles. The first-order valence-corrected chi connectivity index (χ1v) is 10.8. The highest BCUT2D eigenvalue weighted by Crippen LogP contribution is 2.37. The normalized spacial score (nSPS) is 12.9. The van der Waals surface area contributed by atoms with Crippen molar-refractivity contribution in [2.24, 2.45) is 0 Å². The average molecular weight is 480 g/mol. The van der Waals surface area contributed by atoms with Crippen LogP contribution in [0.4, 0.5) is 11.4 Å². The summed E-state index contributed by atoms with van der Waals surface area (Å²) in [6, 6.07) is 6.15. The summed E-state index contributed by atoms with van der Waals surface area (Å²) in [6.45, 7) is -1.05. The number of hydrogen-bond acceptors (Lipinski definition) is 9. The molecular formula is C20H20N2O10S. The molecule has 0 unspecified atom stereocenters. The summed E-state index contributed by atoms with van der Waals surface area (Å²) in [6.07, 6.45) is 0. The van der Waals surface area contributed by atoms with Crippen molar-refractivity contribution in [1.29, 1.82) is 0 Å². The lowest BCUT2D eigenvalue weighted by atomic mass is 10.1. The standard InChI is InChI=1S/C20H20N2O10S/c1-29-16-7-12(20(26)31-3)13(8-17(16)30-2)21-33(27,28)11-4-5-15-14(6-11)22(9-19(24)25)18(23)10-32-15/h4-8,21H,9-10H2,1-3H3,(H,24,25). The molecule has 33 heavy (non-hydrogen) atoms. The van der Waals surface area contributed by atoms with Crippen molar-refractivity contribution >= 4 is 39.2 Å². The third kappa shape index (κ3) is 4.77. The van der Waals surface area contributed by atoms with Crippen molar-refractivity contribution in [3.8, 4) is 17.2 Å². The third-order valence-electron chi connectivity index (χ3n) is 4.65. The third-order valence-corrected chi connectivity index (χ3v) is 6.01. The van der Waals surface area contributed by atoms with Crippen LogP contribution < -0.4 is 23.8 Å². The van der Waals surface area contributed by atoms with Gasteiger partial charge >= 0.3 is 11.9 Å². The monoisotopic (exact) mass is 480 g/mol. The van der Waals surface area contributed by atoms with Crippen LogP contribution in [-0.4, -0.2) is 65.9 Å². The predicted octanol–water partition coefficient (Wildman–Crippen LogP) is 1.10. The molecule has 0 fully saturated rings. The van der Waals surface area contributed by atoms with E-state index in [1.54, 1.807) is 0 Å². The van der Waals surface area contributed by atoms with E-state index in [1.165, 1.54) is 38.5 Å². The van der Waals surface area contributed by atoms with E-state index in [4.69, 9.17) is 24.1 Å². The van der Waals surface area contributed by atoms with Crippen LogP contribution in [0.5, 0.6) is 17.2 Å². The van der Waals surface area contributed by atoms with E-state index in [1.807, 2.05) is 0 Å². The zero-order chi connectivity index (χ0) is 24.3. The lowest BCUT2D eigenvalue weighted by molar-refractivity contribution is -0.137. The fraction of sp³-hybridized carbons (Fsp3) is 0.250. The van der Waals surface area contributed by atoms with Crippen molar-refractivity contribution in [2.75, 3.05) is 44.1 Å².